The molecule has 1 heterocycles. The van der Waals surface area contributed by atoms with Crippen LogP contribution in [0.1, 0.15) is 5.56 Å². The molecule has 2 atom stereocenters. The molecule has 1 aliphatic heterocycles. The minimum absolute atomic E-state index is 0.135. The molecule has 1 amide bonds. The first-order valence-electron chi connectivity index (χ1n) is 7.70. The zero-order chi connectivity index (χ0) is 16.9. The summed E-state index contributed by atoms with van der Waals surface area (Å²) < 4.78 is 5.14. The van der Waals surface area contributed by atoms with Crippen molar-refractivity contribution in [1.82, 2.24) is 16.4 Å². The Hall–Kier alpha value is -2.61. The first-order valence-corrected chi connectivity index (χ1v) is 7.70. The number of carbonyl (C=O) groups is 1. The van der Waals surface area contributed by atoms with E-state index in [4.69, 9.17) is 4.74 Å². The second kappa shape index (κ2) is 7.31. The Bertz CT molecular complexity index is 704. The summed E-state index contributed by atoms with van der Waals surface area (Å²) in [4.78, 5) is 12.5. The van der Waals surface area contributed by atoms with Crippen molar-refractivity contribution in [2.45, 2.75) is 19.1 Å². The van der Waals surface area contributed by atoms with Crippen molar-refractivity contribution in [3.8, 4) is 5.75 Å². The fraction of sp³-hybridized carbons (Fsp3) is 0.235. The van der Waals surface area contributed by atoms with E-state index in [-0.39, 0.29) is 12.1 Å². The minimum Gasteiger partial charge on any atom is -0.497 e. The molecule has 0 radical (unpaired) electrons. The molecule has 0 aliphatic carbocycles. The van der Waals surface area contributed by atoms with Crippen molar-refractivity contribution in [3.05, 3.63) is 54.1 Å². The van der Waals surface area contributed by atoms with Gasteiger partial charge in [-0.15, -0.1) is 0 Å². The number of amides is 1. The Morgan fingerprint density at radius 2 is 1.88 bits per heavy atom. The van der Waals surface area contributed by atoms with Crippen LogP contribution in [-0.4, -0.2) is 25.2 Å². The van der Waals surface area contributed by atoms with Gasteiger partial charge in [-0.1, -0.05) is 12.1 Å². The van der Waals surface area contributed by atoms with Gasteiger partial charge in [0.1, 0.15) is 18.0 Å². The van der Waals surface area contributed by atoms with Crippen molar-refractivity contribution in [2.75, 3.05) is 17.7 Å². The molecule has 1 aliphatic rings. The number of benzene rings is 2. The van der Waals surface area contributed by atoms with Crippen molar-refractivity contribution in [3.63, 3.8) is 0 Å². The highest BCUT2D eigenvalue weighted by atomic mass is 16.5. The zero-order valence-corrected chi connectivity index (χ0v) is 13.6. The lowest BCUT2D eigenvalue weighted by atomic mass is 10.2. The number of rotatable bonds is 5. The number of hydrogen-bond donors (Lipinski definition) is 5. The fourth-order valence-electron chi connectivity index (χ4n) is 2.51. The fourth-order valence-corrected chi connectivity index (χ4v) is 2.51. The highest BCUT2D eigenvalue weighted by Crippen LogP contribution is 2.17. The van der Waals surface area contributed by atoms with Crippen LogP contribution in [0.3, 0.4) is 0 Å². The van der Waals surface area contributed by atoms with Gasteiger partial charge in [-0.3, -0.25) is 4.79 Å². The number of aryl methyl sites for hydroxylation is 1. The molecule has 7 nitrogen and oxygen atoms in total. The van der Waals surface area contributed by atoms with Gasteiger partial charge in [0, 0.05) is 11.4 Å². The monoisotopic (exact) mass is 327 g/mol. The molecular weight excluding hydrogens is 306 g/mol. The average Bonchev–Trinajstić information content (AvgIpc) is 3.04. The maximum Gasteiger partial charge on any atom is 0.246 e. The van der Waals surface area contributed by atoms with Gasteiger partial charge in [0.2, 0.25) is 5.91 Å². The van der Waals surface area contributed by atoms with Crippen molar-refractivity contribution < 1.29 is 9.53 Å². The van der Waals surface area contributed by atoms with Crippen molar-refractivity contribution in [2.24, 2.45) is 0 Å². The quantitative estimate of drug-likeness (QED) is 0.570. The lowest BCUT2D eigenvalue weighted by molar-refractivity contribution is -0.118. The molecule has 2 aromatic carbocycles. The second-order valence-electron chi connectivity index (χ2n) is 5.60. The van der Waals surface area contributed by atoms with Crippen LogP contribution in [-0.2, 0) is 4.79 Å². The highest BCUT2D eigenvalue weighted by molar-refractivity contribution is 5.95. The van der Waals surface area contributed by atoms with Crippen LogP contribution < -0.4 is 31.8 Å². The lowest BCUT2D eigenvalue weighted by Gasteiger charge is -2.20. The lowest BCUT2D eigenvalue weighted by Crippen LogP contribution is -2.47. The van der Waals surface area contributed by atoms with Crippen LogP contribution in [0.4, 0.5) is 11.4 Å². The highest BCUT2D eigenvalue weighted by Gasteiger charge is 2.32. The smallest absolute Gasteiger partial charge is 0.246 e. The summed E-state index contributed by atoms with van der Waals surface area (Å²) in [5.74, 6) is 0.647. The number of carbonyl (C=O) groups excluding carboxylic acids is 1. The molecule has 24 heavy (non-hydrogen) atoms. The van der Waals surface area contributed by atoms with Gasteiger partial charge in [-0.2, -0.15) is 5.53 Å². The summed E-state index contributed by atoms with van der Waals surface area (Å²) in [6, 6.07) is 14.7. The Morgan fingerprint density at radius 3 is 2.58 bits per heavy atom. The molecular formula is C17H21N5O2. The third-order valence-electron chi connectivity index (χ3n) is 3.77. The van der Waals surface area contributed by atoms with Gasteiger partial charge in [0.15, 0.2) is 0 Å². The average molecular weight is 327 g/mol. The van der Waals surface area contributed by atoms with Crippen LogP contribution in [0.25, 0.3) is 0 Å². The molecule has 5 N–H and O–H groups in total. The maximum atomic E-state index is 12.5. The molecule has 1 saturated heterocycles. The molecule has 2 unspecified atom stereocenters. The van der Waals surface area contributed by atoms with Gasteiger partial charge >= 0.3 is 0 Å². The van der Waals surface area contributed by atoms with E-state index in [0.717, 1.165) is 22.7 Å². The molecule has 1 fully saturated rings. The van der Waals surface area contributed by atoms with Gasteiger partial charge in [0.25, 0.3) is 0 Å². The topological polar surface area (TPSA) is 86.5 Å². The first-order chi connectivity index (χ1) is 11.7. The van der Waals surface area contributed by atoms with E-state index in [1.165, 1.54) is 0 Å². The number of anilines is 2. The summed E-state index contributed by atoms with van der Waals surface area (Å²) in [5, 5.41) is 6.19. The van der Waals surface area contributed by atoms with Crippen molar-refractivity contribution in [1.29, 1.82) is 0 Å². The molecule has 3 rings (SSSR count). The standard InChI is InChI=1S/C17H21N5O2/c1-11-4-3-5-13(10-11)19-17(23)15-16(21-22-20-15)18-12-6-8-14(24-2)9-7-12/h3-10,15-16,18,20-22H,1-2H3,(H,19,23). The van der Waals surface area contributed by atoms with Gasteiger partial charge in [0.05, 0.1) is 7.11 Å². The van der Waals surface area contributed by atoms with E-state index in [1.807, 2.05) is 55.5 Å². The number of methoxy groups -OCH3 is 1. The van der Waals surface area contributed by atoms with Crippen LogP contribution in [0, 0.1) is 6.92 Å². The van der Waals surface area contributed by atoms with E-state index < -0.39 is 6.04 Å². The molecule has 7 heteroatoms. The molecule has 0 saturated carbocycles. The Morgan fingerprint density at radius 1 is 1.08 bits per heavy atom. The van der Waals surface area contributed by atoms with Gasteiger partial charge < -0.3 is 15.4 Å². The Kier molecular flexibility index (Phi) is 4.95. The Balaban J connectivity index is 1.64. The number of ether oxygens (including phenoxy) is 1. The normalized spacial score (nSPS) is 19.8. The first kappa shape index (κ1) is 16.3. The third-order valence-corrected chi connectivity index (χ3v) is 3.77. The van der Waals surface area contributed by atoms with Gasteiger partial charge in [-0.25, -0.2) is 10.9 Å². The van der Waals surface area contributed by atoms with Crippen LogP contribution in [0.2, 0.25) is 0 Å². The maximum absolute atomic E-state index is 12.5. The van der Waals surface area contributed by atoms with Gasteiger partial charge in [-0.05, 0) is 48.9 Å². The van der Waals surface area contributed by atoms with Crippen LogP contribution >= 0.6 is 0 Å². The van der Waals surface area contributed by atoms with E-state index in [2.05, 4.69) is 27.0 Å². The zero-order valence-electron chi connectivity index (χ0n) is 13.6. The van der Waals surface area contributed by atoms with E-state index in [1.54, 1.807) is 7.11 Å². The number of hydrazine groups is 2. The van der Waals surface area contributed by atoms with E-state index >= 15 is 0 Å². The number of nitrogens with one attached hydrogen (secondary N) is 5. The van der Waals surface area contributed by atoms with Crippen molar-refractivity contribution >= 4 is 17.3 Å². The summed E-state index contributed by atoms with van der Waals surface area (Å²) >= 11 is 0. The molecule has 0 aromatic heterocycles. The predicted octanol–water partition coefficient (Wildman–Crippen LogP) is 1.36. The summed E-state index contributed by atoms with van der Waals surface area (Å²) in [6.45, 7) is 1.99. The second-order valence-corrected chi connectivity index (χ2v) is 5.60. The summed E-state index contributed by atoms with van der Waals surface area (Å²) in [5.41, 5.74) is 11.5. The predicted molar refractivity (Wildman–Crippen MR) is 93.4 cm³/mol. The largest absolute Gasteiger partial charge is 0.497 e. The van der Waals surface area contributed by atoms with E-state index in [0.29, 0.717) is 0 Å². The summed E-state index contributed by atoms with van der Waals surface area (Å²) in [6.07, 6.45) is -0.303. The minimum atomic E-state index is -0.479. The summed E-state index contributed by atoms with van der Waals surface area (Å²) in [7, 11) is 1.63. The molecule has 0 bridgehead atoms. The Labute approximate surface area is 140 Å². The van der Waals surface area contributed by atoms with E-state index in [9.17, 15) is 4.79 Å². The number of hydrogen-bond acceptors (Lipinski definition) is 6. The third kappa shape index (κ3) is 3.83. The molecule has 0 spiro atoms. The molecule has 126 valence electrons. The van der Waals surface area contributed by atoms with Crippen LogP contribution in [0.15, 0.2) is 48.5 Å². The SMILES string of the molecule is COc1ccc(NC2NNNC2C(=O)Nc2cccc(C)c2)cc1. The molecule has 2 aromatic rings. The van der Waals surface area contributed by atoms with Crippen LogP contribution in [0.5, 0.6) is 5.75 Å².